The first kappa shape index (κ1) is 30.0. The lowest BCUT2D eigenvalue weighted by molar-refractivity contribution is -0.132. The molecule has 1 aliphatic heterocycles. The van der Waals surface area contributed by atoms with Crippen LogP contribution in [0, 0.1) is 0 Å². The third kappa shape index (κ3) is 6.92. The average Bonchev–Trinajstić information content (AvgIpc) is 3.73. The SMILES string of the molecule is COc1ccc(CCN(Cc2cccs2)C(=O)CN(CC2CCCO2)S(=O)(=O)c2cccc3cccnc23)cc1OC. The summed E-state index contributed by atoms with van der Waals surface area (Å²) in [5.41, 5.74) is 1.36. The molecule has 0 radical (unpaired) electrons. The molecule has 1 amide bonds. The molecule has 222 valence electrons. The van der Waals surface area contributed by atoms with Crippen LogP contribution in [0.4, 0.5) is 0 Å². The second-order valence-corrected chi connectivity index (χ2v) is 13.0. The minimum atomic E-state index is -4.07. The Morgan fingerprint density at radius 3 is 2.64 bits per heavy atom. The Bertz CT molecular complexity index is 1600. The van der Waals surface area contributed by atoms with Crippen molar-refractivity contribution in [3.05, 3.63) is 82.7 Å². The first-order chi connectivity index (χ1) is 20.4. The van der Waals surface area contributed by atoms with E-state index in [2.05, 4.69) is 4.98 Å². The van der Waals surface area contributed by atoms with Gasteiger partial charge in [0.25, 0.3) is 0 Å². The number of benzene rings is 2. The van der Waals surface area contributed by atoms with Crippen LogP contribution < -0.4 is 9.47 Å². The lowest BCUT2D eigenvalue weighted by Gasteiger charge is -2.28. The van der Waals surface area contributed by atoms with Gasteiger partial charge in [0.2, 0.25) is 15.9 Å². The molecule has 1 unspecified atom stereocenters. The number of hydrogen-bond acceptors (Lipinski definition) is 8. The van der Waals surface area contributed by atoms with Gasteiger partial charge in [0.05, 0.1) is 38.9 Å². The molecule has 1 atom stereocenters. The molecule has 3 heterocycles. The highest BCUT2D eigenvalue weighted by Gasteiger charge is 2.33. The van der Waals surface area contributed by atoms with E-state index in [1.807, 2.05) is 47.8 Å². The Labute approximate surface area is 250 Å². The van der Waals surface area contributed by atoms with Crippen LogP contribution in [0.5, 0.6) is 11.5 Å². The smallest absolute Gasteiger partial charge is 0.245 e. The van der Waals surface area contributed by atoms with Gasteiger partial charge in [0.15, 0.2) is 11.5 Å². The van der Waals surface area contributed by atoms with Crippen LogP contribution in [-0.2, 0) is 32.5 Å². The summed E-state index contributed by atoms with van der Waals surface area (Å²) in [4.78, 5) is 21.2. The molecule has 2 aromatic heterocycles. The number of sulfonamides is 1. The fourth-order valence-electron chi connectivity index (χ4n) is 5.12. The van der Waals surface area contributed by atoms with Crippen molar-refractivity contribution in [1.82, 2.24) is 14.2 Å². The first-order valence-corrected chi connectivity index (χ1v) is 16.2. The lowest BCUT2D eigenvalue weighted by atomic mass is 10.1. The van der Waals surface area contributed by atoms with Gasteiger partial charge in [-0.2, -0.15) is 4.31 Å². The van der Waals surface area contributed by atoms with Crippen LogP contribution in [0.2, 0.25) is 0 Å². The fourth-order valence-corrected chi connectivity index (χ4v) is 7.43. The Morgan fingerprint density at radius 1 is 1.07 bits per heavy atom. The third-order valence-corrected chi connectivity index (χ3v) is 10.1. The molecule has 0 spiro atoms. The summed E-state index contributed by atoms with van der Waals surface area (Å²) in [6.45, 7) is 1.16. The summed E-state index contributed by atoms with van der Waals surface area (Å²) < 4.78 is 46.2. The van der Waals surface area contributed by atoms with Gasteiger partial charge in [-0.25, -0.2) is 8.42 Å². The zero-order valence-electron chi connectivity index (χ0n) is 23.8. The highest BCUT2D eigenvalue weighted by molar-refractivity contribution is 7.89. The molecule has 11 heteroatoms. The Hall–Kier alpha value is -3.51. The van der Waals surface area contributed by atoms with Gasteiger partial charge in [-0.1, -0.05) is 30.3 Å². The van der Waals surface area contributed by atoms with Gasteiger partial charge in [-0.15, -0.1) is 11.3 Å². The summed E-state index contributed by atoms with van der Waals surface area (Å²) in [6.07, 6.45) is 3.47. The largest absolute Gasteiger partial charge is 0.493 e. The Balaban J connectivity index is 1.42. The highest BCUT2D eigenvalue weighted by Crippen LogP contribution is 2.29. The summed E-state index contributed by atoms with van der Waals surface area (Å²) in [6, 6.07) is 18.3. The summed E-state index contributed by atoms with van der Waals surface area (Å²) >= 11 is 1.56. The molecule has 0 bridgehead atoms. The fraction of sp³-hybridized carbons (Fsp3) is 0.355. The number of pyridine rings is 1. The van der Waals surface area contributed by atoms with E-state index in [0.717, 1.165) is 28.7 Å². The first-order valence-electron chi connectivity index (χ1n) is 13.9. The number of rotatable bonds is 13. The van der Waals surface area contributed by atoms with Crippen LogP contribution in [0.3, 0.4) is 0 Å². The van der Waals surface area contributed by atoms with E-state index in [4.69, 9.17) is 14.2 Å². The van der Waals surface area contributed by atoms with Gasteiger partial charge < -0.3 is 19.1 Å². The van der Waals surface area contributed by atoms with Crippen molar-refractivity contribution < 1.29 is 27.4 Å². The second-order valence-electron chi connectivity index (χ2n) is 10.1. The number of carbonyl (C=O) groups excluding carboxylic acids is 1. The molecular weight excluding hydrogens is 574 g/mol. The van der Waals surface area contributed by atoms with Crippen molar-refractivity contribution in [1.29, 1.82) is 0 Å². The number of para-hydroxylation sites is 1. The summed E-state index contributed by atoms with van der Waals surface area (Å²) in [5, 5.41) is 2.69. The number of thiophene rings is 1. The highest BCUT2D eigenvalue weighted by atomic mass is 32.2. The van der Waals surface area contributed by atoms with Crippen molar-refractivity contribution in [2.75, 3.05) is 40.5 Å². The summed E-state index contributed by atoms with van der Waals surface area (Å²) in [5.74, 6) is 0.966. The maximum atomic E-state index is 14.2. The standard InChI is InChI=1S/C31H35N3O6S2/c1-38-27-13-12-23(19-28(27)39-2)14-16-33(21-26-10-6-18-41-26)30(35)22-34(20-25-9-5-17-40-25)42(36,37)29-11-3-7-24-8-4-15-32-31(24)29/h3-4,6-8,10-13,15,18-19,25H,5,9,14,16-17,20-22H2,1-2H3. The maximum absolute atomic E-state index is 14.2. The Kier molecular flexibility index (Phi) is 9.73. The van der Waals surface area contributed by atoms with Crippen molar-refractivity contribution in [3.8, 4) is 11.5 Å². The average molecular weight is 610 g/mol. The lowest BCUT2D eigenvalue weighted by Crippen LogP contribution is -2.45. The van der Waals surface area contributed by atoms with Crippen molar-refractivity contribution in [2.45, 2.75) is 36.8 Å². The number of fused-ring (bicyclic) bond motifs is 1. The molecule has 42 heavy (non-hydrogen) atoms. The number of methoxy groups -OCH3 is 2. The molecule has 4 aromatic rings. The van der Waals surface area contributed by atoms with Gasteiger partial charge >= 0.3 is 0 Å². The minimum absolute atomic E-state index is 0.0848. The van der Waals surface area contributed by atoms with Crippen molar-refractivity contribution >= 4 is 38.2 Å². The van der Waals surface area contributed by atoms with Crippen LogP contribution in [0.25, 0.3) is 10.9 Å². The number of aromatic nitrogens is 1. The van der Waals surface area contributed by atoms with Gasteiger partial charge in [-0.05, 0) is 60.5 Å². The van der Waals surface area contributed by atoms with Gasteiger partial charge in [0.1, 0.15) is 4.90 Å². The van der Waals surface area contributed by atoms with E-state index in [1.165, 1.54) is 4.31 Å². The molecule has 1 aliphatic rings. The Morgan fingerprint density at radius 2 is 1.90 bits per heavy atom. The number of carbonyl (C=O) groups is 1. The molecule has 1 fully saturated rings. The number of nitrogens with zero attached hydrogens (tertiary/aromatic N) is 3. The molecule has 1 saturated heterocycles. The molecule has 0 N–H and O–H groups in total. The van der Waals surface area contributed by atoms with Crippen LogP contribution in [0.1, 0.15) is 23.3 Å². The molecule has 0 saturated carbocycles. The van der Waals surface area contributed by atoms with Gasteiger partial charge in [-0.3, -0.25) is 9.78 Å². The zero-order valence-corrected chi connectivity index (χ0v) is 25.4. The van der Waals surface area contributed by atoms with E-state index in [9.17, 15) is 13.2 Å². The van der Waals surface area contributed by atoms with Crippen molar-refractivity contribution in [2.24, 2.45) is 0 Å². The molecule has 5 rings (SSSR count). The maximum Gasteiger partial charge on any atom is 0.245 e. The summed E-state index contributed by atoms with van der Waals surface area (Å²) in [7, 11) is -0.901. The van der Waals surface area contributed by atoms with Crippen LogP contribution >= 0.6 is 11.3 Å². The molecular formula is C31H35N3O6S2. The van der Waals surface area contributed by atoms with Crippen LogP contribution in [-0.4, -0.2) is 75.1 Å². The predicted molar refractivity (Wildman–Crippen MR) is 162 cm³/mol. The predicted octanol–water partition coefficient (Wildman–Crippen LogP) is 4.75. The monoisotopic (exact) mass is 609 g/mol. The topological polar surface area (TPSA) is 98.3 Å². The van der Waals surface area contributed by atoms with Gasteiger partial charge in [0, 0.05) is 36.2 Å². The van der Waals surface area contributed by atoms with Crippen molar-refractivity contribution in [3.63, 3.8) is 0 Å². The number of ether oxygens (including phenoxy) is 3. The molecule has 9 nitrogen and oxygen atoms in total. The quantitative estimate of drug-likeness (QED) is 0.216. The number of hydrogen-bond donors (Lipinski definition) is 0. The van der Waals surface area contributed by atoms with E-state index in [1.54, 1.807) is 54.9 Å². The van der Waals surface area contributed by atoms with Crippen LogP contribution in [0.15, 0.2) is 77.1 Å². The minimum Gasteiger partial charge on any atom is -0.493 e. The zero-order chi connectivity index (χ0) is 29.5. The van der Waals surface area contributed by atoms with E-state index < -0.39 is 10.0 Å². The normalized spacial score (nSPS) is 15.3. The molecule has 2 aromatic carbocycles. The second kappa shape index (κ2) is 13.6. The van der Waals surface area contributed by atoms with E-state index in [0.29, 0.717) is 43.1 Å². The van der Waals surface area contributed by atoms with E-state index in [-0.39, 0.29) is 30.0 Å². The third-order valence-electron chi connectivity index (χ3n) is 7.35. The number of amides is 1. The van der Waals surface area contributed by atoms with E-state index >= 15 is 0 Å². The molecule has 0 aliphatic carbocycles.